The maximum absolute atomic E-state index is 12.1. The summed E-state index contributed by atoms with van der Waals surface area (Å²) in [5.41, 5.74) is 1.94. The number of esters is 1. The molecule has 0 fully saturated rings. The number of ether oxygens (including phenoxy) is 4. The second-order valence-electron chi connectivity index (χ2n) is 6.11. The molecule has 3 rings (SSSR count). The first-order chi connectivity index (χ1) is 15.2. The third-order valence-corrected chi connectivity index (χ3v) is 4.16. The summed E-state index contributed by atoms with van der Waals surface area (Å²) < 4.78 is 21.4. The second kappa shape index (κ2) is 10.4. The summed E-state index contributed by atoms with van der Waals surface area (Å²) >= 11 is 0. The molecule has 0 spiro atoms. The number of para-hydroxylation sites is 1. The molecule has 0 radical (unpaired) electrons. The van der Waals surface area contributed by atoms with Gasteiger partial charge in [0.25, 0.3) is 0 Å². The molecule has 0 saturated carbocycles. The first kappa shape index (κ1) is 21.3. The van der Waals surface area contributed by atoms with Crippen LogP contribution in [0.15, 0.2) is 67.2 Å². The standard InChI is InChI=1S/C23H19N3O5/c1-28-14-19(23(27)29-2)18-9-5-6-10-20(18)31-22-11-21(25-15-26-22)30-13-17-8-4-3-7-16(17)12-24/h3-11,14-15H,13H2,1-2H3. The molecule has 0 N–H and O–H groups in total. The molecule has 8 nitrogen and oxygen atoms in total. The third-order valence-electron chi connectivity index (χ3n) is 4.16. The fourth-order valence-corrected chi connectivity index (χ4v) is 2.70. The van der Waals surface area contributed by atoms with Gasteiger partial charge < -0.3 is 18.9 Å². The van der Waals surface area contributed by atoms with Gasteiger partial charge in [0.1, 0.15) is 24.3 Å². The van der Waals surface area contributed by atoms with Crippen LogP contribution in [-0.4, -0.2) is 30.2 Å². The summed E-state index contributed by atoms with van der Waals surface area (Å²) in [5.74, 6) is 0.292. The molecule has 0 aliphatic carbocycles. The molecular weight excluding hydrogens is 398 g/mol. The van der Waals surface area contributed by atoms with Crippen molar-refractivity contribution in [2.24, 2.45) is 0 Å². The van der Waals surface area contributed by atoms with Crippen molar-refractivity contribution >= 4 is 11.5 Å². The molecule has 1 aromatic heterocycles. The first-order valence-electron chi connectivity index (χ1n) is 9.17. The van der Waals surface area contributed by atoms with E-state index in [1.807, 2.05) is 12.1 Å². The minimum Gasteiger partial charge on any atom is -0.503 e. The van der Waals surface area contributed by atoms with Gasteiger partial charge in [0.05, 0.1) is 38.2 Å². The van der Waals surface area contributed by atoms with Crippen molar-refractivity contribution < 1.29 is 23.7 Å². The van der Waals surface area contributed by atoms with Crippen molar-refractivity contribution in [1.29, 1.82) is 5.26 Å². The summed E-state index contributed by atoms with van der Waals surface area (Å²) in [6.45, 7) is 0.167. The lowest BCUT2D eigenvalue weighted by molar-refractivity contribution is -0.133. The van der Waals surface area contributed by atoms with Gasteiger partial charge in [-0.3, -0.25) is 0 Å². The van der Waals surface area contributed by atoms with E-state index in [0.717, 1.165) is 5.56 Å². The van der Waals surface area contributed by atoms with Gasteiger partial charge in [-0.1, -0.05) is 36.4 Å². The Labute approximate surface area is 179 Å². The molecule has 0 saturated heterocycles. The minimum atomic E-state index is -0.569. The van der Waals surface area contributed by atoms with Crippen molar-refractivity contribution in [3.8, 4) is 23.6 Å². The van der Waals surface area contributed by atoms with Crippen LogP contribution in [0.1, 0.15) is 16.7 Å². The van der Waals surface area contributed by atoms with Crippen molar-refractivity contribution in [2.75, 3.05) is 14.2 Å². The quantitative estimate of drug-likeness (QED) is 0.309. The maximum Gasteiger partial charge on any atom is 0.341 e. The number of rotatable bonds is 8. The van der Waals surface area contributed by atoms with E-state index in [4.69, 9.17) is 18.9 Å². The van der Waals surface area contributed by atoms with E-state index in [0.29, 0.717) is 16.9 Å². The molecule has 31 heavy (non-hydrogen) atoms. The molecular formula is C23H19N3O5. The zero-order valence-electron chi connectivity index (χ0n) is 16.9. The normalized spacial score (nSPS) is 10.7. The van der Waals surface area contributed by atoms with E-state index in [1.165, 1.54) is 32.9 Å². The number of carbonyl (C=O) groups is 1. The van der Waals surface area contributed by atoms with Crippen LogP contribution in [0.2, 0.25) is 0 Å². The minimum absolute atomic E-state index is 0.167. The van der Waals surface area contributed by atoms with E-state index < -0.39 is 5.97 Å². The number of hydrogen-bond acceptors (Lipinski definition) is 8. The predicted molar refractivity (Wildman–Crippen MR) is 111 cm³/mol. The largest absolute Gasteiger partial charge is 0.503 e. The summed E-state index contributed by atoms with van der Waals surface area (Å²) in [6, 6.07) is 17.7. The predicted octanol–water partition coefficient (Wildman–Crippen LogP) is 3.88. The van der Waals surface area contributed by atoms with Crippen LogP contribution < -0.4 is 9.47 Å². The van der Waals surface area contributed by atoms with Gasteiger partial charge in [-0.2, -0.15) is 5.26 Å². The summed E-state index contributed by atoms with van der Waals surface area (Å²) in [6.07, 6.45) is 2.59. The lowest BCUT2D eigenvalue weighted by atomic mass is 10.1. The number of nitriles is 1. The topological polar surface area (TPSA) is 104 Å². The Morgan fingerprint density at radius 2 is 1.81 bits per heavy atom. The summed E-state index contributed by atoms with van der Waals surface area (Å²) in [4.78, 5) is 20.3. The van der Waals surface area contributed by atoms with Gasteiger partial charge in [0, 0.05) is 11.1 Å². The smallest absolute Gasteiger partial charge is 0.341 e. The van der Waals surface area contributed by atoms with E-state index in [9.17, 15) is 10.1 Å². The van der Waals surface area contributed by atoms with Crippen molar-refractivity contribution in [3.63, 3.8) is 0 Å². The fourth-order valence-electron chi connectivity index (χ4n) is 2.70. The number of nitrogens with zero attached hydrogens (tertiary/aromatic N) is 3. The van der Waals surface area contributed by atoms with Gasteiger partial charge >= 0.3 is 5.97 Å². The number of aromatic nitrogens is 2. The zero-order chi connectivity index (χ0) is 22.1. The maximum atomic E-state index is 12.1. The Hall–Kier alpha value is -4.38. The molecule has 0 aliphatic heterocycles. The van der Waals surface area contributed by atoms with Crippen molar-refractivity contribution in [3.05, 3.63) is 83.9 Å². The van der Waals surface area contributed by atoms with Crippen LogP contribution in [0.5, 0.6) is 17.5 Å². The Kier molecular flexibility index (Phi) is 7.16. The molecule has 2 aromatic carbocycles. The van der Waals surface area contributed by atoms with Crippen LogP contribution in [0.4, 0.5) is 0 Å². The Morgan fingerprint density at radius 1 is 1.06 bits per heavy atom. The SMILES string of the molecule is COC=C(C(=O)OC)c1ccccc1Oc1cc(OCc2ccccc2C#N)ncn1. The molecule has 0 aliphatic rings. The average molecular weight is 417 g/mol. The van der Waals surface area contributed by atoms with Crippen molar-refractivity contribution in [2.45, 2.75) is 6.61 Å². The lowest BCUT2D eigenvalue weighted by Crippen LogP contribution is -2.06. The number of carbonyl (C=O) groups excluding carboxylic acids is 1. The van der Waals surface area contributed by atoms with Gasteiger partial charge in [0.2, 0.25) is 11.8 Å². The molecule has 0 unspecified atom stereocenters. The van der Waals surface area contributed by atoms with Crippen LogP contribution in [0.3, 0.4) is 0 Å². The molecule has 3 aromatic rings. The highest BCUT2D eigenvalue weighted by Gasteiger charge is 2.18. The lowest BCUT2D eigenvalue weighted by Gasteiger charge is -2.12. The summed E-state index contributed by atoms with van der Waals surface area (Å²) in [7, 11) is 2.72. The van der Waals surface area contributed by atoms with Gasteiger partial charge in [0.15, 0.2) is 0 Å². The van der Waals surface area contributed by atoms with E-state index in [-0.39, 0.29) is 23.9 Å². The van der Waals surface area contributed by atoms with Gasteiger partial charge in [-0.25, -0.2) is 14.8 Å². The van der Waals surface area contributed by atoms with Crippen LogP contribution in [0.25, 0.3) is 5.57 Å². The van der Waals surface area contributed by atoms with Crippen LogP contribution >= 0.6 is 0 Å². The molecule has 1 heterocycles. The zero-order valence-corrected chi connectivity index (χ0v) is 16.9. The number of hydrogen-bond donors (Lipinski definition) is 0. The van der Waals surface area contributed by atoms with E-state index in [2.05, 4.69) is 16.0 Å². The molecule has 0 atom stereocenters. The van der Waals surface area contributed by atoms with Gasteiger partial charge in [-0.15, -0.1) is 0 Å². The average Bonchev–Trinajstić information content (AvgIpc) is 2.81. The molecule has 0 bridgehead atoms. The highest BCUT2D eigenvalue weighted by Crippen LogP contribution is 2.31. The Morgan fingerprint density at radius 3 is 2.58 bits per heavy atom. The Bertz CT molecular complexity index is 1140. The first-order valence-corrected chi connectivity index (χ1v) is 9.17. The monoisotopic (exact) mass is 417 g/mol. The summed E-state index contributed by atoms with van der Waals surface area (Å²) in [5, 5.41) is 9.19. The Balaban J connectivity index is 1.81. The van der Waals surface area contributed by atoms with Crippen molar-refractivity contribution in [1.82, 2.24) is 9.97 Å². The number of benzene rings is 2. The van der Waals surface area contributed by atoms with E-state index >= 15 is 0 Å². The molecule has 156 valence electrons. The molecule has 8 heteroatoms. The highest BCUT2D eigenvalue weighted by atomic mass is 16.5. The third kappa shape index (κ3) is 5.36. The fraction of sp³-hybridized carbons (Fsp3) is 0.130. The van der Waals surface area contributed by atoms with Crippen LogP contribution in [0, 0.1) is 11.3 Å². The highest BCUT2D eigenvalue weighted by molar-refractivity contribution is 6.17. The number of methoxy groups -OCH3 is 2. The second-order valence-corrected chi connectivity index (χ2v) is 6.11. The molecule has 0 amide bonds. The van der Waals surface area contributed by atoms with Crippen LogP contribution in [-0.2, 0) is 20.9 Å². The van der Waals surface area contributed by atoms with Gasteiger partial charge in [-0.05, 0) is 12.1 Å². The van der Waals surface area contributed by atoms with E-state index in [1.54, 1.807) is 36.4 Å².